The molecule has 74 valence electrons. The van der Waals surface area contributed by atoms with Crippen molar-refractivity contribution in [2.24, 2.45) is 11.8 Å². The highest BCUT2D eigenvalue weighted by Gasteiger charge is 2.23. The average Bonchev–Trinajstić information content (AvgIpc) is 1.99. The molecular formula is C10H21FO. The molecule has 0 aliphatic carbocycles. The van der Waals surface area contributed by atoms with E-state index in [2.05, 4.69) is 0 Å². The second-order valence-electron chi connectivity index (χ2n) is 3.67. The summed E-state index contributed by atoms with van der Waals surface area (Å²) in [4.78, 5) is 0. The van der Waals surface area contributed by atoms with Crippen molar-refractivity contribution < 1.29 is 9.13 Å². The fourth-order valence-corrected chi connectivity index (χ4v) is 1.40. The van der Waals surface area contributed by atoms with E-state index in [1.54, 1.807) is 7.11 Å². The van der Waals surface area contributed by atoms with Gasteiger partial charge in [0.1, 0.15) is 6.17 Å². The molecule has 0 aromatic rings. The number of ether oxygens (including phenoxy) is 1. The summed E-state index contributed by atoms with van der Waals surface area (Å²) >= 11 is 0. The monoisotopic (exact) mass is 176 g/mol. The van der Waals surface area contributed by atoms with Gasteiger partial charge in [0.2, 0.25) is 0 Å². The van der Waals surface area contributed by atoms with Crippen LogP contribution in [-0.2, 0) is 4.74 Å². The van der Waals surface area contributed by atoms with Crippen molar-refractivity contribution in [3.8, 4) is 0 Å². The van der Waals surface area contributed by atoms with Crippen LogP contribution >= 0.6 is 0 Å². The molecule has 0 bridgehead atoms. The molecule has 2 atom stereocenters. The van der Waals surface area contributed by atoms with Crippen LogP contribution in [0.5, 0.6) is 0 Å². The molecule has 0 fully saturated rings. The number of hydrogen-bond acceptors (Lipinski definition) is 1. The lowest BCUT2D eigenvalue weighted by atomic mass is 9.90. The van der Waals surface area contributed by atoms with E-state index in [0.717, 1.165) is 6.42 Å². The van der Waals surface area contributed by atoms with Gasteiger partial charge in [0.05, 0.1) is 6.61 Å². The van der Waals surface area contributed by atoms with E-state index in [1.807, 2.05) is 20.8 Å². The fourth-order valence-electron chi connectivity index (χ4n) is 1.40. The van der Waals surface area contributed by atoms with Crippen molar-refractivity contribution in [3.05, 3.63) is 0 Å². The Balaban J connectivity index is 3.90. The highest BCUT2D eigenvalue weighted by Crippen LogP contribution is 2.21. The van der Waals surface area contributed by atoms with Crippen molar-refractivity contribution in [1.82, 2.24) is 0 Å². The third kappa shape index (κ3) is 4.05. The molecule has 0 saturated carbocycles. The summed E-state index contributed by atoms with van der Waals surface area (Å²) in [6.07, 6.45) is 0.871. The third-order valence-corrected chi connectivity index (χ3v) is 2.24. The topological polar surface area (TPSA) is 9.23 Å². The van der Waals surface area contributed by atoms with E-state index in [9.17, 15) is 4.39 Å². The Labute approximate surface area is 75.3 Å². The third-order valence-electron chi connectivity index (χ3n) is 2.24. The molecule has 0 amide bonds. The molecule has 0 unspecified atom stereocenters. The van der Waals surface area contributed by atoms with Crippen LogP contribution in [0.25, 0.3) is 0 Å². The molecule has 0 spiro atoms. The van der Waals surface area contributed by atoms with Crippen molar-refractivity contribution in [1.29, 1.82) is 0 Å². The predicted molar refractivity (Wildman–Crippen MR) is 50.0 cm³/mol. The molecule has 1 nitrogen and oxygen atoms in total. The van der Waals surface area contributed by atoms with Gasteiger partial charge in [0.25, 0.3) is 0 Å². The second kappa shape index (κ2) is 6.41. The molecule has 0 aromatic heterocycles. The number of rotatable bonds is 6. The van der Waals surface area contributed by atoms with Crippen LogP contribution in [0.15, 0.2) is 0 Å². The molecule has 0 rings (SSSR count). The zero-order valence-corrected chi connectivity index (χ0v) is 8.64. The standard InChI is InChI=1S/C10H21FO/c1-5-6-10(11)9(7-12-4)8(2)3/h8-10H,5-7H2,1-4H3/t9-,10+/m0/s1. The molecule has 0 saturated heterocycles. The summed E-state index contributed by atoms with van der Waals surface area (Å²) in [7, 11) is 1.63. The van der Waals surface area contributed by atoms with E-state index >= 15 is 0 Å². The lowest BCUT2D eigenvalue weighted by Gasteiger charge is -2.23. The lowest BCUT2D eigenvalue weighted by molar-refractivity contribution is 0.0678. The first-order chi connectivity index (χ1) is 5.63. The first kappa shape index (κ1) is 11.9. The molecule has 2 heteroatoms. The SMILES string of the molecule is CCC[C@@H](F)[C@@H](COC)C(C)C. The average molecular weight is 176 g/mol. The minimum Gasteiger partial charge on any atom is -0.384 e. The predicted octanol–water partition coefficient (Wildman–Crippen LogP) is 3.04. The van der Waals surface area contributed by atoms with Crippen molar-refractivity contribution in [2.45, 2.75) is 39.8 Å². The number of hydrogen-bond donors (Lipinski definition) is 0. The Hall–Kier alpha value is -0.110. The number of alkyl halides is 1. The van der Waals surface area contributed by atoms with Gasteiger partial charge in [-0.3, -0.25) is 0 Å². The van der Waals surface area contributed by atoms with Gasteiger partial charge in [-0.15, -0.1) is 0 Å². The zero-order chi connectivity index (χ0) is 9.56. The first-order valence-corrected chi connectivity index (χ1v) is 4.76. The minimum atomic E-state index is -0.699. The van der Waals surface area contributed by atoms with Crippen LogP contribution in [0.2, 0.25) is 0 Å². The molecule has 0 aliphatic rings. The summed E-state index contributed by atoms with van der Waals surface area (Å²) in [5.74, 6) is 0.432. The number of halogens is 1. The molecular weight excluding hydrogens is 155 g/mol. The van der Waals surface area contributed by atoms with E-state index in [0.29, 0.717) is 18.9 Å². The van der Waals surface area contributed by atoms with Gasteiger partial charge in [-0.2, -0.15) is 0 Å². The highest BCUT2D eigenvalue weighted by molar-refractivity contribution is 4.71. The van der Waals surface area contributed by atoms with Crippen LogP contribution in [0.3, 0.4) is 0 Å². The van der Waals surface area contributed by atoms with Gasteiger partial charge < -0.3 is 4.74 Å². The zero-order valence-electron chi connectivity index (χ0n) is 8.64. The maximum Gasteiger partial charge on any atom is 0.105 e. The molecule has 0 aromatic carbocycles. The highest BCUT2D eigenvalue weighted by atomic mass is 19.1. The van der Waals surface area contributed by atoms with Crippen LogP contribution in [0.4, 0.5) is 4.39 Å². The van der Waals surface area contributed by atoms with Crippen molar-refractivity contribution >= 4 is 0 Å². The maximum absolute atomic E-state index is 13.4. The molecule has 12 heavy (non-hydrogen) atoms. The van der Waals surface area contributed by atoms with Crippen LogP contribution in [-0.4, -0.2) is 19.9 Å². The maximum atomic E-state index is 13.4. The largest absolute Gasteiger partial charge is 0.384 e. The Kier molecular flexibility index (Phi) is 6.35. The molecule has 0 N–H and O–H groups in total. The van der Waals surface area contributed by atoms with E-state index in [4.69, 9.17) is 4.74 Å². The van der Waals surface area contributed by atoms with Gasteiger partial charge in [-0.1, -0.05) is 27.2 Å². The molecule has 0 heterocycles. The van der Waals surface area contributed by atoms with E-state index in [1.165, 1.54) is 0 Å². The minimum absolute atomic E-state index is 0.0648. The van der Waals surface area contributed by atoms with E-state index in [-0.39, 0.29) is 5.92 Å². The Morgan fingerprint density at radius 3 is 2.25 bits per heavy atom. The number of methoxy groups -OCH3 is 1. The Morgan fingerprint density at radius 1 is 1.33 bits per heavy atom. The molecule has 0 radical (unpaired) electrons. The fraction of sp³-hybridized carbons (Fsp3) is 1.00. The Bertz CT molecular complexity index is 104. The normalized spacial score (nSPS) is 16.5. The lowest BCUT2D eigenvalue weighted by Crippen LogP contribution is -2.25. The summed E-state index contributed by atoms with van der Waals surface area (Å²) in [6, 6.07) is 0. The molecule has 0 aliphatic heterocycles. The van der Waals surface area contributed by atoms with Crippen molar-refractivity contribution in [3.63, 3.8) is 0 Å². The van der Waals surface area contributed by atoms with Gasteiger partial charge in [0, 0.05) is 13.0 Å². The summed E-state index contributed by atoms with van der Waals surface area (Å²) < 4.78 is 18.4. The van der Waals surface area contributed by atoms with Crippen LogP contribution in [0.1, 0.15) is 33.6 Å². The van der Waals surface area contributed by atoms with Crippen LogP contribution in [0, 0.1) is 11.8 Å². The smallest absolute Gasteiger partial charge is 0.105 e. The summed E-state index contributed by atoms with van der Waals surface area (Å²) in [5.41, 5.74) is 0. The van der Waals surface area contributed by atoms with Crippen LogP contribution < -0.4 is 0 Å². The van der Waals surface area contributed by atoms with E-state index < -0.39 is 6.17 Å². The quantitative estimate of drug-likeness (QED) is 0.604. The van der Waals surface area contributed by atoms with Gasteiger partial charge in [-0.25, -0.2) is 4.39 Å². The van der Waals surface area contributed by atoms with Gasteiger partial charge in [0.15, 0.2) is 0 Å². The van der Waals surface area contributed by atoms with Crippen molar-refractivity contribution in [2.75, 3.05) is 13.7 Å². The Morgan fingerprint density at radius 2 is 1.92 bits per heavy atom. The summed E-state index contributed by atoms with van der Waals surface area (Å²) in [6.45, 7) is 6.65. The summed E-state index contributed by atoms with van der Waals surface area (Å²) in [5, 5.41) is 0. The van der Waals surface area contributed by atoms with Gasteiger partial charge >= 0.3 is 0 Å². The second-order valence-corrected chi connectivity index (χ2v) is 3.67. The first-order valence-electron chi connectivity index (χ1n) is 4.76. The van der Waals surface area contributed by atoms with Gasteiger partial charge in [-0.05, 0) is 12.3 Å².